The monoisotopic (exact) mass is 518 g/mol. The molecule has 1 aromatic heterocycles. The average Bonchev–Trinajstić information content (AvgIpc) is 3.45. The molecule has 10 heteroatoms. The van der Waals surface area contributed by atoms with Crippen molar-refractivity contribution < 1.29 is 33.3 Å². The average molecular weight is 519 g/mol. The highest BCUT2D eigenvalue weighted by Crippen LogP contribution is 2.45. The Morgan fingerprint density at radius 2 is 1.86 bits per heavy atom. The number of fused-ring (bicyclic) bond motifs is 2. The van der Waals surface area contributed by atoms with Gasteiger partial charge in [-0.15, -0.1) is 0 Å². The fourth-order valence-electron chi connectivity index (χ4n) is 4.49. The van der Waals surface area contributed by atoms with Crippen LogP contribution in [0.1, 0.15) is 17.2 Å². The summed E-state index contributed by atoms with van der Waals surface area (Å²) in [6.07, 6.45) is 0. The van der Waals surface area contributed by atoms with Crippen LogP contribution in [0.5, 0.6) is 17.2 Å². The number of hydrogen-bond acceptors (Lipinski definition) is 8. The lowest BCUT2D eigenvalue weighted by atomic mass is 9.95. The summed E-state index contributed by atoms with van der Waals surface area (Å²) < 4.78 is 32.2. The summed E-state index contributed by atoms with van der Waals surface area (Å²) >= 11 is 1.16. The fourth-order valence-corrected chi connectivity index (χ4v) is 5.51. The number of carbonyl (C=O) groups excluding carboxylic acids is 2. The largest absolute Gasteiger partial charge is 0.507 e. The van der Waals surface area contributed by atoms with Crippen molar-refractivity contribution in [1.29, 1.82) is 0 Å². The third kappa shape index (κ3) is 3.77. The Labute approximate surface area is 214 Å². The van der Waals surface area contributed by atoms with Gasteiger partial charge in [0.25, 0.3) is 5.78 Å². The van der Waals surface area contributed by atoms with Crippen LogP contribution in [0.3, 0.4) is 0 Å². The Hall–Kier alpha value is -4.44. The number of Topliss-reactive ketones (excluding diaryl/α,β-unsaturated/α-hetero) is 1. The van der Waals surface area contributed by atoms with Crippen LogP contribution in [-0.2, 0) is 9.59 Å². The summed E-state index contributed by atoms with van der Waals surface area (Å²) in [6, 6.07) is 14.5. The Kier molecular flexibility index (Phi) is 5.53. The highest BCUT2D eigenvalue weighted by Gasteiger charge is 2.49. The first kappa shape index (κ1) is 23.0. The van der Waals surface area contributed by atoms with E-state index in [1.807, 2.05) is 0 Å². The first-order chi connectivity index (χ1) is 18.0. The van der Waals surface area contributed by atoms with E-state index in [4.69, 9.17) is 14.2 Å². The minimum Gasteiger partial charge on any atom is -0.507 e. The van der Waals surface area contributed by atoms with Gasteiger partial charge in [-0.2, -0.15) is 0 Å². The van der Waals surface area contributed by atoms with Crippen LogP contribution in [0.25, 0.3) is 16.0 Å². The second-order valence-corrected chi connectivity index (χ2v) is 9.39. The third-order valence-corrected chi connectivity index (χ3v) is 7.27. The molecule has 1 fully saturated rings. The molecule has 0 bridgehead atoms. The van der Waals surface area contributed by atoms with Gasteiger partial charge in [0.1, 0.15) is 36.6 Å². The molecule has 0 saturated carbocycles. The minimum absolute atomic E-state index is 0.0534. The fraction of sp³-hybridized carbons (Fsp3) is 0.148. The molecule has 0 aliphatic carbocycles. The summed E-state index contributed by atoms with van der Waals surface area (Å²) in [4.78, 5) is 32.4. The number of methoxy groups -OCH3 is 1. The first-order valence-corrected chi connectivity index (χ1v) is 12.2. The van der Waals surface area contributed by atoms with Crippen LogP contribution >= 0.6 is 11.3 Å². The lowest BCUT2D eigenvalue weighted by Crippen LogP contribution is -2.29. The molecule has 6 rings (SSSR count). The number of ether oxygens (including phenoxy) is 3. The summed E-state index contributed by atoms with van der Waals surface area (Å²) in [5.41, 5.74) is 0.626. The molecular formula is C27H19FN2O6S. The maximum atomic E-state index is 15.1. The number of ketones is 1. The molecule has 2 aliphatic heterocycles. The number of aromatic nitrogens is 1. The Balaban J connectivity index is 1.54. The predicted molar refractivity (Wildman–Crippen MR) is 135 cm³/mol. The van der Waals surface area contributed by atoms with Crippen molar-refractivity contribution in [2.75, 3.05) is 25.2 Å². The zero-order valence-electron chi connectivity index (χ0n) is 19.4. The molecule has 2 aliphatic rings. The Morgan fingerprint density at radius 3 is 2.65 bits per heavy atom. The van der Waals surface area contributed by atoms with Crippen molar-refractivity contribution in [3.8, 4) is 17.2 Å². The van der Waals surface area contributed by atoms with Gasteiger partial charge < -0.3 is 19.3 Å². The number of halogens is 1. The van der Waals surface area contributed by atoms with Gasteiger partial charge in [0.2, 0.25) is 0 Å². The van der Waals surface area contributed by atoms with Gasteiger partial charge in [0, 0.05) is 11.1 Å². The number of benzene rings is 3. The number of hydrogen-bond donors (Lipinski definition) is 1. The van der Waals surface area contributed by atoms with E-state index in [1.54, 1.807) is 36.4 Å². The number of amides is 1. The Morgan fingerprint density at radius 1 is 1.08 bits per heavy atom. The van der Waals surface area contributed by atoms with Gasteiger partial charge in [0.15, 0.2) is 16.6 Å². The molecule has 0 unspecified atom stereocenters. The number of rotatable bonds is 4. The van der Waals surface area contributed by atoms with Crippen LogP contribution in [-0.4, -0.2) is 42.1 Å². The van der Waals surface area contributed by atoms with E-state index in [2.05, 4.69) is 4.98 Å². The van der Waals surface area contributed by atoms with E-state index in [1.165, 1.54) is 31.4 Å². The summed E-state index contributed by atoms with van der Waals surface area (Å²) in [5, 5.41) is 11.5. The normalized spacial score (nSPS) is 18.4. The van der Waals surface area contributed by atoms with Gasteiger partial charge in [-0.3, -0.25) is 14.5 Å². The second kappa shape index (κ2) is 8.90. The molecule has 37 heavy (non-hydrogen) atoms. The lowest BCUT2D eigenvalue weighted by Gasteiger charge is -2.23. The summed E-state index contributed by atoms with van der Waals surface area (Å²) in [5.74, 6) is -1.44. The van der Waals surface area contributed by atoms with Crippen molar-refractivity contribution in [1.82, 2.24) is 4.98 Å². The molecule has 1 amide bonds. The van der Waals surface area contributed by atoms with E-state index < -0.39 is 29.3 Å². The van der Waals surface area contributed by atoms with Crippen molar-refractivity contribution >= 4 is 44.1 Å². The molecule has 1 atom stereocenters. The molecule has 3 heterocycles. The first-order valence-electron chi connectivity index (χ1n) is 11.4. The van der Waals surface area contributed by atoms with Crippen LogP contribution in [0.15, 0.2) is 66.2 Å². The zero-order chi connectivity index (χ0) is 25.7. The van der Waals surface area contributed by atoms with Gasteiger partial charge in [-0.05, 0) is 42.5 Å². The number of nitrogens with zero attached hydrogens (tertiary/aromatic N) is 2. The molecule has 0 spiro atoms. The lowest BCUT2D eigenvalue weighted by molar-refractivity contribution is -0.132. The topological polar surface area (TPSA) is 98.2 Å². The molecule has 3 aromatic carbocycles. The minimum atomic E-state index is -1.24. The molecule has 1 saturated heterocycles. The third-order valence-electron chi connectivity index (χ3n) is 6.25. The smallest absolute Gasteiger partial charge is 0.301 e. The number of anilines is 1. The molecule has 1 N–H and O–H groups in total. The van der Waals surface area contributed by atoms with E-state index in [0.29, 0.717) is 36.0 Å². The van der Waals surface area contributed by atoms with E-state index in [9.17, 15) is 14.7 Å². The zero-order valence-corrected chi connectivity index (χ0v) is 20.3. The molecule has 0 radical (unpaired) electrons. The van der Waals surface area contributed by atoms with Gasteiger partial charge in [-0.25, -0.2) is 9.37 Å². The summed E-state index contributed by atoms with van der Waals surface area (Å²) in [6.45, 7) is 0.726. The van der Waals surface area contributed by atoms with Crippen molar-refractivity contribution in [3.63, 3.8) is 0 Å². The maximum Gasteiger partial charge on any atom is 0.301 e. The highest BCUT2D eigenvalue weighted by atomic mass is 32.1. The van der Waals surface area contributed by atoms with Gasteiger partial charge in [-0.1, -0.05) is 29.5 Å². The molecule has 4 aromatic rings. The van der Waals surface area contributed by atoms with Crippen LogP contribution in [0.4, 0.5) is 9.52 Å². The molecule has 186 valence electrons. The van der Waals surface area contributed by atoms with Gasteiger partial charge >= 0.3 is 5.91 Å². The van der Waals surface area contributed by atoms with Crippen molar-refractivity contribution in [2.24, 2.45) is 0 Å². The number of carbonyl (C=O) groups is 2. The van der Waals surface area contributed by atoms with E-state index >= 15 is 4.39 Å². The SMILES string of the molecule is COc1ccc2nc(N3C(=O)C(=O)C(=C(O)c4ccc5c(c4)OCCO5)[C@@H]3c3ccccc3F)sc2c1. The molecular weight excluding hydrogens is 499 g/mol. The van der Waals surface area contributed by atoms with Gasteiger partial charge in [0.05, 0.1) is 22.9 Å². The number of thiazole rings is 1. The van der Waals surface area contributed by atoms with E-state index in [0.717, 1.165) is 20.9 Å². The number of aliphatic hydroxyl groups excluding tert-OH is 1. The van der Waals surface area contributed by atoms with Crippen LogP contribution in [0.2, 0.25) is 0 Å². The molecule has 8 nitrogen and oxygen atoms in total. The van der Waals surface area contributed by atoms with Crippen molar-refractivity contribution in [3.05, 3.63) is 83.2 Å². The van der Waals surface area contributed by atoms with Crippen LogP contribution < -0.4 is 19.1 Å². The second-order valence-electron chi connectivity index (χ2n) is 8.38. The highest BCUT2D eigenvalue weighted by molar-refractivity contribution is 7.22. The number of aliphatic hydroxyl groups is 1. The predicted octanol–water partition coefficient (Wildman–Crippen LogP) is 4.84. The van der Waals surface area contributed by atoms with E-state index in [-0.39, 0.29) is 21.8 Å². The van der Waals surface area contributed by atoms with Crippen molar-refractivity contribution in [2.45, 2.75) is 6.04 Å². The quantitative estimate of drug-likeness (QED) is 0.235. The standard InChI is InChI=1S/C27H19FN2O6S/c1-34-15-7-8-18-21(13-15)37-27(29-18)30-23(16-4-2-3-5-17(16)28)22(25(32)26(30)33)24(31)14-6-9-19-20(12-14)36-11-10-35-19/h2-9,12-13,23,31H,10-11H2,1H3/t23-/m0/s1. The van der Waals surface area contributed by atoms with Crippen LogP contribution in [0, 0.1) is 5.82 Å². The summed E-state index contributed by atoms with van der Waals surface area (Å²) in [7, 11) is 1.54. The maximum absolute atomic E-state index is 15.1. The Bertz CT molecular complexity index is 1610.